The van der Waals surface area contributed by atoms with Crippen LogP contribution in [0.3, 0.4) is 0 Å². The summed E-state index contributed by atoms with van der Waals surface area (Å²) in [6.07, 6.45) is 2.86. The maximum Gasteiger partial charge on any atom is 0.307 e. The molecular weight excluding hydrogens is 372 g/mol. The van der Waals surface area contributed by atoms with Crippen LogP contribution in [0.15, 0.2) is 36.7 Å². The first-order valence-electron chi connectivity index (χ1n) is 9.39. The molecular formula is C20H24N6O3. The maximum atomic E-state index is 12.9. The zero-order valence-corrected chi connectivity index (χ0v) is 16.9. The Morgan fingerprint density at radius 2 is 2.07 bits per heavy atom. The van der Waals surface area contributed by atoms with Gasteiger partial charge in [0.2, 0.25) is 5.91 Å². The number of carbonyl (C=O) groups is 1. The molecule has 1 N–H and O–H groups in total. The standard InChI is InChI=1S/C20H24N6O3/c1-5-18(25-12-17(10-21-25)26(28)29)20(27)22-19-14(3)23-24(15(19)4)11-16-8-6-7-13(2)9-16/h6-10,12,18H,5,11H2,1-4H3,(H,22,27). The van der Waals surface area contributed by atoms with E-state index in [1.807, 2.05) is 50.6 Å². The van der Waals surface area contributed by atoms with Crippen LogP contribution in [0.5, 0.6) is 0 Å². The third kappa shape index (κ3) is 4.34. The normalized spacial score (nSPS) is 12.0. The number of rotatable bonds is 7. The minimum atomic E-state index is -0.650. The lowest BCUT2D eigenvalue weighted by Gasteiger charge is -2.15. The second-order valence-corrected chi connectivity index (χ2v) is 7.04. The van der Waals surface area contributed by atoms with Crippen molar-refractivity contribution in [2.45, 2.75) is 46.7 Å². The van der Waals surface area contributed by atoms with Crippen LogP contribution in [0.1, 0.15) is 41.9 Å². The minimum Gasteiger partial charge on any atom is -0.321 e. The van der Waals surface area contributed by atoms with Gasteiger partial charge in [-0.3, -0.25) is 24.3 Å². The molecule has 0 bridgehead atoms. The first-order chi connectivity index (χ1) is 13.8. The molecule has 0 saturated carbocycles. The van der Waals surface area contributed by atoms with Crippen LogP contribution < -0.4 is 5.32 Å². The molecule has 3 aromatic rings. The van der Waals surface area contributed by atoms with E-state index in [-0.39, 0.29) is 11.6 Å². The first kappa shape index (κ1) is 20.2. The van der Waals surface area contributed by atoms with Crippen LogP contribution in [0.2, 0.25) is 0 Å². The second-order valence-electron chi connectivity index (χ2n) is 7.04. The highest BCUT2D eigenvalue weighted by Gasteiger charge is 2.24. The van der Waals surface area contributed by atoms with Crippen molar-refractivity contribution in [1.82, 2.24) is 19.6 Å². The SMILES string of the molecule is CCC(C(=O)Nc1c(C)nn(Cc2cccc(C)c2)c1C)n1cc([N+](=O)[O-])cn1. The van der Waals surface area contributed by atoms with Gasteiger partial charge < -0.3 is 5.32 Å². The smallest absolute Gasteiger partial charge is 0.307 e. The molecule has 152 valence electrons. The predicted octanol–water partition coefficient (Wildman–Crippen LogP) is 3.55. The average Bonchev–Trinajstić information content (AvgIpc) is 3.24. The molecule has 9 heteroatoms. The van der Waals surface area contributed by atoms with Crippen LogP contribution in [-0.4, -0.2) is 30.4 Å². The van der Waals surface area contributed by atoms with Crippen LogP contribution in [-0.2, 0) is 11.3 Å². The Hall–Kier alpha value is -3.49. The van der Waals surface area contributed by atoms with Crippen molar-refractivity contribution in [3.05, 3.63) is 69.3 Å². The van der Waals surface area contributed by atoms with Crippen LogP contribution in [0.25, 0.3) is 0 Å². The van der Waals surface area contributed by atoms with Gasteiger partial charge in [-0.2, -0.15) is 10.2 Å². The van der Waals surface area contributed by atoms with Crippen molar-refractivity contribution in [3.63, 3.8) is 0 Å². The number of amides is 1. The van der Waals surface area contributed by atoms with Gasteiger partial charge in [-0.25, -0.2) is 0 Å². The van der Waals surface area contributed by atoms with Crippen LogP contribution in [0, 0.1) is 30.9 Å². The van der Waals surface area contributed by atoms with Crippen LogP contribution >= 0.6 is 0 Å². The van der Waals surface area contributed by atoms with Gasteiger partial charge in [-0.05, 0) is 32.8 Å². The van der Waals surface area contributed by atoms with Crippen molar-refractivity contribution < 1.29 is 9.72 Å². The van der Waals surface area contributed by atoms with Gasteiger partial charge in [-0.15, -0.1) is 0 Å². The number of carbonyl (C=O) groups excluding carboxylic acids is 1. The fourth-order valence-corrected chi connectivity index (χ4v) is 3.31. The second kappa shape index (κ2) is 8.26. The van der Waals surface area contributed by atoms with Gasteiger partial charge in [0.05, 0.1) is 28.5 Å². The number of hydrogen-bond acceptors (Lipinski definition) is 5. The largest absolute Gasteiger partial charge is 0.321 e. The monoisotopic (exact) mass is 396 g/mol. The van der Waals surface area contributed by atoms with Crippen molar-refractivity contribution in [2.75, 3.05) is 5.32 Å². The molecule has 3 rings (SSSR count). The molecule has 2 aromatic heterocycles. The highest BCUT2D eigenvalue weighted by molar-refractivity contribution is 5.94. The van der Waals surface area contributed by atoms with E-state index in [4.69, 9.17) is 0 Å². The number of nitrogens with zero attached hydrogens (tertiary/aromatic N) is 5. The summed E-state index contributed by atoms with van der Waals surface area (Å²) in [7, 11) is 0. The number of hydrogen-bond donors (Lipinski definition) is 1. The molecule has 0 fully saturated rings. The molecule has 0 radical (unpaired) electrons. The predicted molar refractivity (Wildman–Crippen MR) is 109 cm³/mol. The molecule has 0 aliphatic carbocycles. The number of anilines is 1. The van der Waals surface area contributed by atoms with Gasteiger partial charge in [-0.1, -0.05) is 36.8 Å². The summed E-state index contributed by atoms with van der Waals surface area (Å²) < 4.78 is 3.19. The zero-order chi connectivity index (χ0) is 21.1. The number of nitro groups is 1. The molecule has 1 aromatic carbocycles. The summed E-state index contributed by atoms with van der Waals surface area (Å²) in [5.41, 5.74) is 4.38. The summed E-state index contributed by atoms with van der Waals surface area (Å²) >= 11 is 0. The lowest BCUT2D eigenvalue weighted by molar-refractivity contribution is -0.385. The van der Waals surface area contributed by atoms with Gasteiger partial charge in [0.25, 0.3) is 0 Å². The molecule has 1 unspecified atom stereocenters. The topological polar surface area (TPSA) is 108 Å². The lowest BCUT2D eigenvalue weighted by atomic mass is 10.1. The van der Waals surface area contributed by atoms with E-state index in [2.05, 4.69) is 21.6 Å². The molecule has 1 atom stereocenters. The Bertz CT molecular complexity index is 1050. The van der Waals surface area contributed by atoms with Crippen molar-refractivity contribution in [3.8, 4) is 0 Å². The number of benzene rings is 1. The molecule has 9 nitrogen and oxygen atoms in total. The summed E-state index contributed by atoms with van der Waals surface area (Å²) in [6.45, 7) is 8.23. The molecule has 2 heterocycles. The molecule has 0 saturated heterocycles. The molecule has 1 amide bonds. The zero-order valence-electron chi connectivity index (χ0n) is 16.9. The lowest BCUT2D eigenvalue weighted by Crippen LogP contribution is -2.26. The van der Waals surface area contributed by atoms with Gasteiger partial charge in [0.15, 0.2) is 0 Å². The van der Waals surface area contributed by atoms with Gasteiger partial charge >= 0.3 is 5.69 Å². The van der Waals surface area contributed by atoms with Crippen molar-refractivity contribution in [2.24, 2.45) is 0 Å². The van der Waals surface area contributed by atoms with E-state index in [1.165, 1.54) is 16.4 Å². The Morgan fingerprint density at radius 1 is 1.31 bits per heavy atom. The van der Waals surface area contributed by atoms with E-state index in [0.717, 1.165) is 17.5 Å². The van der Waals surface area contributed by atoms with Gasteiger partial charge in [0, 0.05) is 0 Å². The molecule has 0 spiro atoms. The fourth-order valence-electron chi connectivity index (χ4n) is 3.31. The van der Waals surface area contributed by atoms with E-state index in [1.54, 1.807) is 0 Å². The van der Waals surface area contributed by atoms with E-state index in [9.17, 15) is 14.9 Å². The first-order valence-corrected chi connectivity index (χ1v) is 9.39. The summed E-state index contributed by atoms with van der Waals surface area (Å²) in [6, 6.07) is 7.54. The van der Waals surface area contributed by atoms with E-state index in [0.29, 0.717) is 24.3 Å². The quantitative estimate of drug-likeness (QED) is 0.485. The number of aryl methyl sites for hydroxylation is 2. The molecule has 0 aliphatic rings. The Labute approximate surface area is 168 Å². The Kier molecular flexibility index (Phi) is 5.76. The third-order valence-electron chi connectivity index (χ3n) is 4.85. The van der Waals surface area contributed by atoms with E-state index < -0.39 is 11.0 Å². The Balaban J connectivity index is 1.80. The third-order valence-corrected chi connectivity index (χ3v) is 4.85. The minimum absolute atomic E-state index is 0.144. The maximum absolute atomic E-state index is 12.9. The highest BCUT2D eigenvalue weighted by Crippen LogP contribution is 2.23. The summed E-state index contributed by atoms with van der Waals surface area (Å²) in [5, 5.41) is 22.4. The summed E-state index contributed by atoms with van der Waals surface area (Å²) in [4.78, 5) is 23.2. The van der Waals surface area contributed by atoms with Crippen LogP contribution in [0.4, 0.5) is 11.4 Å². The highest BCUT2D eigenvalue weighted by atomic mass is 16.6. The van der Waals surface area contributed by atoms with Crippen molar-refractivity contribution in [1.29, 1.82) is 0 Å². The molecule has 0 aliphatic heterocycles. The van der Waals surface area contributed by atoms with Crippen molar-refractivity contribution >= 4 is 17.3 Å². The number of nitrogens with one attached hydrogen (secondary N) is 1. The Morgan fingerprint density at radius 3 is 2.69 bits per heavy atom. The van der Waals surface area contributed by atoms with E-state index >= 15 is 0 Å². The fraction of sp³-hybridized carbons (Fsp3) is 0.350. The average molecular weight is 396 g/mol. The number of aromatic nitrogens is 4. The molecule has 29 heavy (non-hydrogen) atoms. The summed E-state index contributed by atoms with van der Waals surface area (Å²) in [5.74, 6) is -0.285. The van der Waals surface area contributed by atoms with Gasteiger partial charge in [0.1, 0.15) is 18.4 Å².